The fraction of sp³-hybridized carbons (Fsp3) is 0.722. The third-order valence-corrected chi connectivity index (χ3v) is 7.45. The zero-order chi connectivity index (χ0) is 15.9. The Hall–Kier alpha value is -0.360. The van der Waals surface area contributed by atoms with Gasteiger partial charge >= 0.3 is 5.97 Å². The van der Waals surface area contributed by atoms with E-state index in [1.54, 1.807) is 0 Å². The van der Waals surface area contributed by atoms with Gasteiger partial charge in [0.05, 0.1) is 0 Å². The van der Waals surface area contributed by atoms with E-state index >= 15 is 0 Å². The number of hydrogen-bond donors (Lipinski definition) is 1. The molecule has 0 aromatic carbocycles. The lowest BCUT2D eigenvalue weighted by Crippen LogP contribution is -2.51. The number of halogens is 1. The van der Waals surface area contributed by atoms with Crippen molar-refractivity contribution >= 4 is 28.6 Å². The lowest BCUT2D eigenvalue weighted by atomic mass is 9.66. The SMILES string of the molecule is C[C@H]1CC[C@H]2C3=C1C(=O)O[C@@]3(O)[C@@]1(C)CC(I)=C[C@H]1C[C@@H]2C. The molecule has 1 fully saturated rings. The highest BCUT2D eigenvalue weighted by Crippen LogP contribution is 2.64. The first-order valence-corrected chi connectivity index (χ1v) is 9.42. The quantitative estimate of drug-likeness (QED) is 0.482. The molecule has 6 atom stereocenters. The number of fused-ring (bicyclic) bond motifs is 2. The fourth-order valence-corrected chi connectivity index (χ4v) is 6.60. The average Bonchev–Trinajstić information content (AvgIpc) is 2.86. The number of allylic oxidation sites excluding steroid dienone is 2. The van der Waals surface area contributed by atoms with Crippen molar-refractivity contribution in [3.8, 4) is 0 Å². The van der Waals surface area contributed by atoms with E-state index < -0.39 is 11.2 Å². The third-order valence-electron chi connectivity index (χ3n) is 6.71. The van der Waals surface area contributed by atoms with Gasteiger partial charge in [-0.3, -0.25) is 0 Å². The Labute approximate surface area is 145 Å². The third kappa shape index (κ3) is 1.68. The number of carbonyl (C=O) groups excluding carboxylic acids is 1. The van der Waals surface area contributed by atoms with Gasteiger partial charge in [0.1, 0.15) is 0 Å². The molecule has 0 unspecified atom stereocenters. The van der Waals surface area contributed by atoms with Crippen LogP contribution in [0.2, 0.25) is 0 Å². The Morgan fingerprint density at radius 1 is 1.36 bits per heavy atom. The van der Waals surface area contributed by atoms with Crippen LogP contribution in [-0.2, 0) is 9.53 Å². The van der Waals surface area contributed by atoms with Crippen molar-refractivity contribution in [2.75, 3.05) is 0 Å². The van der Waals surface area contributed by atoms with Crippen molar-refractivity contribution in [2.45, 2.75) is 52.2 Å². The van der Waals surface area contributed by atoms with E-state index in [0.717, 1.165) is 36.8 Å². The molecule has 0 bridgehead atoms. The van der Waals surface area contributed by atoms with Gasteiger partial charge in [0.25, 0.3) is 0 Å². The van der Waals surface area contributed by atoms with Crippen LogP contribution in [0.15, 0.2) is 20.8 Å². The van der Waals surface area contributed by atoms with Crippen molar-refractivity contribution < 1.29 is 14.6 Å². The molecule has 4 aliphatic rings. The summed E-state index contributed by atoms with van der Waals surface area (Å²) in [7, 11) is 0. The Bertz CT molecular complexity index is 622. The van der Waals surface area contributed by atoms with Gasteiger partial charge in [-0.2, -0.15) is 0 Å². The minimum atomic E-state index is -1.41. The summed E-state index contributed by atoms with van der Waals surface area (Å²) in [5.41, 5.74) is 1.30. The number of ether oxygens (including phenoxy) is 1. The zero-order valence-corrected chi connectivity index (χ0v) is 15.5. The van der Waals surface area contributed by atoms with E-state index in [-0.39, 0.29) is 23.7 Å². The van der Waals surface area contributed by atoms with Crippen LogP contribution in [-0.4, -0.2) is 16.9 Å². The minimum absolute atomic E-state index is 0.202. The maximum Gasteiger partial charge on any atom is 0.337 e. The molecule has 0 amide bonds. The number of esters is 1. The first-order chi connectivity index (χ1) is 10.3. The largest absolute Gasteiger partial charge is 0.425 e. The Kier molecular flexibility index (Phi) is 3.17. The molecule has 1 heterocycles. The van der Waals surface area contributed by atoms with Crippen LogP contribution in [0.25, 0.3) is 0 Å². The summed E-state index contributed by atoms with van der Waals surface area (Å²) in [6, 6.07) is 0. The van der Waals surface area contributed by atoms with Crippen LogP contribution in [0, 0.1) is 29.1 Å². The lowest BCUT2D eigenvalue weighted by Gasteiger charge is -2.43. The van der Waals surface area contributed by atoms with Gasteiger partial charge in [0.15, 0.2) is 0 Å². The van der Waals surface area contributed by atoms with Crippen LogP contribution in [0.5, 0.6) is 0 Å². The number of rotatable bonds is 0. The molecule has 0 saturated heterocycles. The fourth-order valence-electron chi connectivity index (χ4n) is 5.37. The van der Waals surface area contributed by atoms with E-state index in [0.29, 0.717) is 5.92 Å². The second-order valence-corrected chi connectivity index (χ2v) is 9.36. The van der Waals surface area contributed by atoms with E-state index in [4.69, 9.17) is 4.74 Å². The molecule has 4 rings (SSSR count). The normalized spacial score (nSPS) is 50.2. The average molecular weight is 414 g/mol. The molecule has 3 aliphatic carbocycles. The monoisotopic (exact) mass is 414 g/mol. The highest BCUT2D eigenvalue weighted by molar-refractivity contribution is 14.1. The van der Waals surface area contributed by atoms with Gasteiger partial charge in [-0.1, -0.05) is 26.8 Å². The molecular formula is C18H23IO3. The van der Waals surface area contributed by atoms with Gasteiger partial charge in [-0.15, -0.1) is 0 Å². The Morgan fingerprint density at radius 2 is 2.09 bits per heavy atom. The second kappa shape index (κ2) is 4.59. The molecule has 0 aromatic heterocycles. The highest BCUT2D eigenvalue weighted by Gasteiger charge is 2.66. The van der Waals surface area contributed by atoms with Crippen LogP contribution in [0.4, 0.5) is 0 Å². The molecule has 1 aliphatic heterocycles. The van der Waals surface area contributed by atoms with E-state index in [2.05, 4.69) is 49.4 Å². The van der Waals surface area contributed by atoms with E-state index in [9.17, 15) is 9.90 Å². The summed E-state index contributed by atoms with van der Waals surface area (Å²) in [6.07, 6.45) is 6.24. The summed E-state index contributed by atoms with van der Waals surface area (Å²) < 4.78 is 7.01. The standard InChI is InChI=1S/C18H23IO3/c1-9-4-5-13-10(2)6-11-7-12(19)8-17(11,3)18(21)15(13)14(9)16(20)22-18/h7,9-11,13,21H,4-6,8H2,1-3H3/t9-,10-,11+,13+,17-,18+/m0/s1. The lowest BCUT2D eigenvalue weighted by molar-refractivity contribution is -0.231. The van der Waals surface area contributed by atoms with E-state index in [1.807, 2.05) is 0 Å². The molecular weight excluding hydrogens is 391 g/mol. The number of carbonyl (C=O) groups is 1. The zero-order valence-electron chi connectivity index (χ0n) is 13.4. The van der Waals surface area contributed by atoms with Crippen molar-refractivity contribution in [1.82, 2.24) is 0 Å². The topological polar surface area (TPSA) is 46.5 Å². The van der Waals surface area contributed by atoms with Crippen molar-refractivity contribution in [1.29, 1.82) is 0 Å². The molecule has 0 radical (unpaired) electrons. The van der Waals surface area contributed by atoms with Crippen LogP contribution in [0.3, 0.4) is 0 Å². The summed E-state index contributed by atoms with van der Waals surface area (Å²) in [6.45, 7) is 6.48. The van der Waals surface area contributed by atoms with Crippen LogP contribution < -0.4 is 0 Å². The maximum atomic E-state index is 12.5. The van der Waals surface area contributed by atoms with Gasteiger partial charge in [-0.05, 0) is 75.5 Å². The van der Waals surface area contributed by atoms with Crippen LogP contribution in [0.1, 0.15) is 46.5 Å². The molecule has 0 spiro atoms. The number of hydrogen-bond acceptors (Lipinski definition) is 3. The smallest absolute Gasteiger partial charge is 0.337 e. The molecule has 3 nitrogen and oxygen atoms in total. The summed E-state index contributed by atoms with van der Waals surface area (Å²) in [5, 5.41) is 11.6. The van der Waals surface area contributed by atoms with Gasteiger partial charge in [-0.25, -0.2) is 4.79 Å². The summed E-state index contributed by atoms with van der Waals surface area (Å²) in [4.78, 5) is 12.5. The van der Waals surface area contributed by atoms with Crippen molar-refractivity contribution in [3.63, 3.8) is 0 Å². The minimum Gasteiger partial charge on any atom is -0.425 e. The second-order valence-electron chi connectivity index (χ2n) is 7.97. The van der Waals surface area contributed by atoms with Crippen molar-refractivity contribution in [3.05, 3.63) is 20.8 Å². The predicted octanol–water partition coefficient (Wildman–Crippen LogP) is 3.96. The summed E-state index contributed by atoms with van der Waals surface area (Å²) >= 11 is 2.36. The molecule has 4 heteroatoms. The Balaban J connectivity index is 1.95. The van der Waals surface area contributed by atoms with Crippen LogP contribution >= 0.6 is 22.6 Å². The Morgan fingerprint density at radius 3 is 2.82 bits per heavy atom. The first-order valence-electron chi connectivity index (χ1n) is 8.34. The predicted molar refractivity (Wildman–Crippen MR) is 92.1 cm³/mol. The molecule has 1 N–H and O–H groups in total. The molecule has 1 saturated carbocycles. The van der Waals surface area contributed by atoms with Gasteiger partial charge in [0, 0.05) is 16.6 Å². The van der Waals surface area contributed by atoms with E-state index in [1.165, 1.54) is 3.58 Å². The summed E-state index contributed by atoms with van der Waals surface area (Å²) in [5.74, 6) is -0.434. The maximum absolute atomic E-state index is 12.5. The number of aliphatic hydroxyl groups is 1. The van der Waals surface area contributed by atoms with Crippen molar-refractivity contribution in [2.24, 2.45) is 29.1 Å². The van der Waals surface area contributed by atoms with Gasteiger partial charge < -0.3 is 9.84 Å². The first kappa shape index (κ1) is 15.2. The molecule has 0 aromatic rings. The van der Waals surface area contributed by atoms with Gasteiger partial charge in [0.2, 0.25) is 5.79 Å². The molecule has 120 valence electrons. The highest BCUT2D eigenvalue weighted by atomic mass is 127. The molecule has 22 heavy (non-hydrogen) atoms.